The minimum absolute atomic E-state index is 0.00486. The Kier molecular flexibility index (Phi) is 14.6. The number of carbonyl (C=O) groups is 6. The lowest BCUT2D eigenvalue weighted by atomic mass is 9.84. The van der Waals surface area contributed by atoms with E-state index in [1.807, 2.05) is 0 Å². The molecular formula is C52H48N10O14. The lowest BCUT2D eigenvalue weighted by Gasteiger charge is -2.23. The second-order valence-electron chi connectivity index (χ2n) is 18.4. The Hall–Kier alpha value is -9.29. The Morgan fingerprint density at radius 1 is 0.447 bits per heavy atom. The number of pyridine rings is 6. The Morgan fingerprint density at radius 3 is 1.30 bits per heavy atom. The summed E-state index contributed by atoms with van der Waals surface area (Å²) in [4.78, 5) is 157. The summed E-state index contributed by atoms with van der Waals surface area (Å²) >= 11 is 0. The van der Waals surface area contributed by atoms with Crippen LogP contribution in [0.5, 0.6) is 0 Å². The number of tetrazole rings is 1. The first-order chi connectivity index (χ1) is 36.1. The summed E-state index contributed by atoms with van der Waals surface area (Å²) in [6.07, 6.45) is 2.05. The zero-order valence-electron chi connectivity index (χ0n) is 41.8. The van der Waals surface area contributed by atoms with E-state index in [0.29, 0.717) is 58.5 Å². The molecular weight excluding hydrogens is 989 g/mol. The van der Waals surface area contributed by atoms with Crippen LogP contribution in [0.25, 0.3) is 0 Å². The SMILES string of the molecule is Cc1cc(=O)[nH]c2c1C(=O)c1c(C)cc(=O)n(CCCO)c1C2=O.Cc1cc(=O)[nH]c2c1C(=O)c1c(C)cc(=O)n(CCc3nn[nH]n3)c1C2=O.Cc1cc(=O)[nH]c2c1C(=O)c1c(CCCCO)cc(=O)n(C)c1C2=O. The molecule has 0 unspecified atom stereocenters. The molecule has 0 spiro atoms. The molecule has 7 heterocycles. The van der Waals surface area contributed by atoms with Gasteiger partial charge in [0.1, 0.15) is 34.2 Å². The van der Waals surface area contributed by atoms with Gasteiger partial charge < -0.3 is 38.9 Å². The van der Waals surface area contributed by atoms with E-state index >= 15 is 0 Å². The van der Waals surface area contributed by atoms with E-state index in [1.165, 1.54) is 52.6 Å². The Bertz CT molecular complexity index is 4060. The van der Waals surface area contributed by atoms with Gasteiger partial charge in [0, 0.05) is 76.2 Å². The van der Waals surface area contributed by atoms with Crippen molar-refractivity contribution in [1.29, 1.82) is 0 Å². The molecule has 0 aliphatic heterocycles. The Morgan fingerprint density at radius 2 is 0.868 bits per heavy atom. The molecule has 0 amide bonds. The van der Waals surface area contributed by atoms with Crippen molar-refractivity contribution in [3.63, 3.8) is 0 Å². The van der Waals surface area contributed by atoms with Crippen LogP contribution in [0, 0.1) is 34.6 Å². The van der Waals surface area contributed by atoms with Crippen molar-refractivity contribution in [3.8, 4) is 0 Å². The van der Waals surface area contributed by atoms with Gasteiger partial charge in [-0.15, -0.1) is 10.2 Å². The number of aliphatic hydroxyl groups excluding tert-OH is 2. The Labute approximate surface area is 427 Å². The van der Waals surface area contributed by atoms with Crippen molar-refractivity contribution in [2.45, 2.75) is 79.8 Å². The molecule has 0 bridgehead atoms. The predicted octanol–water partition coefficient (Wildman–Crippen LogP) is 0.468. The number of hydrogen-bond donors (Lipinski definition) is 6. The van der Waals surface area contributed by atoms with E-state index in [-0.39, 0.29) is 124 Å². The normalized spacial score (nSPS) is 12.9. The maximum atomic E-state index is 13.1. The number of H-pyrrole nitrogens is 4. The molecule has 0 fully saturated rings. The number of aryl methyl sites for hydroxylation is 7. The molecule has 24 nitrogen and oxygen atoms in total. The molecule has 0 saturated carbocycles. The van der Waals surface area contributed by atoms with Gasteiger partial charge in [-0.25, -0.2) is 0 Å². The number of unbranched alkanes of at least 4 members (excludes halogenated alkanes) is 1. The number of fused-ring (bicyclic) bond motifs is 6. The molecule has 390 valence electrons. The molecule has 0 atom stereocenters. The number of aromatic nitrogens is 10. The van der Waals surface area contributed by atoms with E-state index in [4.69, 9.17) is 10.2 Å². The van der Waals surface area contributed by atoms with Crippen molar-refractivity contribution in [3.05, 3.63) is 205 Å². The summed E-state index contributed by atoms with van der Waals surface area (Å²) in [5.41, 5.74) is 0.758. The number of hydrogen-bond acceptors (Lipinski definition) is 17. The van der Waals surface area contributed by atoms with E-state index < -0.39 is 50.7 Å². The van der Waals surface area contributed by atoms with E-state index in [9.17, 15) is 57.5 Å². The highest BCUT2D eigenvalue weighted by molar-refractivity contribution is 6.29. The number of nitrogens with zero attached hydrogens (tertiary/aromatic N) is 6. The van der Waals surface area contributed by atoms with Crippen molar-refractivity contribution in [2.24, 2.45) is 7.05 Å². The van der Waals surface area contributed by atoms with Crippen LogP contribution < -0.4 is 33.4 Å². The quantitative estimate of drug-likeness (QED) is 0.101. The van der Waals surface area contributed by atoms with Crippen molar-refractivity contribution in [2.75, 3.05) is 13.2 Å². The van der Waals surface area contributed by atoms with Gasteiger partial charge in [0.05, 0.1) is 33.4 Å². The molecule has 0 saturated heterocycles. The summed E-state index contributed by atoms with van der Waals surface area (Å²) in [6.45, 7) is 8.10. The molecule has 10 rings (SSSR count). The van der Waals surface area contributed by atoms with E-state index in [1.54, 1.807) is 34.6 Å². The first-order valence-electron chi connectivity index (χ1n) is 23.8. The second kappa shape index (κ2) is 20.9. The molecule has 7 aromatic rings. The molecule has 3 aliphatic carbocycles. The fourth-order valence-electron chi connectivity index (χ4n) is 9.83. The van der Waals surface area contributed by atoms with Gasteiger partial charge in [0.25, 0.3) is 16.7 Å². The van der Waals surface area contributed by atoms with Crippen LogP contribution in [0.2, 0.25) is 0 Å². The van der Waals surface area contributed by atoms with Gasteiger partial charge in [-0.1, -0.05) is 5.21 Å². The summed E-state index contributed by atoms with van der Waals surface area (Å²) < 4.78 is 3.57. The van der Waals surface area contributed by atoms with Gasteiger partial charge in [-0.2, -0.15) is 5.21 Å². The van der Waals surface area contributed by atoms with Crippen LogP contribution in [-0.4, -0.2) is 107 Å². The molecule has 24 heteroatoms. The van der Waals surface area contributed by atoms with Crippen molar-refractivity contribution in [1.82, 2.24) is 49.3 Å². The standard InChI is InChI=1S/C18H18N2O5.C17H14N6O4.C17H16N2O5/c1-9-7-11(22)19-15-13(9)17(24)14-10(5-3-4-6-21)8-12(23)20(2)16(14)18(15)25;1-7-5-10(24)18-14-12(7)16(26)13-8(2)6-11(25)23(15(13)17(14)27)4-3-9-19-21-22-20-9;1-8-6-10(21)18-14-12(8)16(23)13-9(2)7-11(22)19(4-3-5-20)15(13)17(14)24/h7-8,21H,3-6H2,1-2H3,(H,19,22);5-6H,3-4H2,1-2H3,(H,18,24)(H,19,20,21,22);6-7,20H,3-5H2,1-2H3,(H,18,21). The molecule has 0 radical (unpaired) electrons. The number of ketones is 6. The summed E-state index contributed by atoms with van der Waals surface area (Å²) in [7, 11) is 1.43. The van der Waals surface area contributed by atoms with Crippen LogP contribution in [0.4, 0.5) is 0 Å². The number of carbonyl (C=O) groups excluding carboxylic acids is 6. The van der Waals surface area contributed by atoms with Crippen LogP contribution >= 0.6 is 0 Å². The predicted molar refractivity (Wildman–Crippen MR) is 268 cm³/mol. The van der Waals surface area contributed by atoms with E-state index in [2.05, 4.69) is 35.6 Å². The monoisotopic (exact) mass is 1040 g/mol. The van der Waals surface area contributed by atoms with Gasteiger partial charge in [-0.05, 0) is 93.7 Å². The average molecular weight is 1040 g/mol. The van der Waals surface area contributed by atoms with Crippen LogP contribution in [0.15, 0.2) is 65.2 Å². The smallest absolute Gasteiger partial charge is 0.251 e. The minimum Gasteiger partial charge on any atom is -0.396 e. The minimum atomic E-state index is -0.561. The summed E-state index contributed by atoms with van der Waals surface area (Å²) in [5.74, 6) is -2.42. The van der Waals surface area contributed by atoms with Crippen LogP contribution in [-0.2, 0) is 33.0 Å². The lowest BCUT2D eigenvalue weighted by Crippen LogP contribution is -2.36. The third-order valence-electron chi connectivity index (χ3n) is 13.3. The van der Waals surface area contributed by atoms with E-state index in [0.717, 1.165) is 4.57 Å². The maximum absolute atomic E-state index is 13.1. The molecule has 76 heavy (non-hydrogen) atoms. The van der Waals surface area contributed by atoms with Gasteiger partial charge >= 0.3 is 0 Å². The second-order valence-corrected chi connectivity index (χ2v) is 18.4. The van der Waals surface area contributed by atoms with Crippen molar-refractivity contribution < 1.29 is 39.0 Å². The van der Waals surface area contributed by atoms with Crippen LogP contribution in [0.1, 0.15) is 155 Å². The number of aliphatic hydroxyl groups is 2. The number of aromatic amines is 4. The van der Waals surface area contributed by atoms with Crippen molar-refractivity contribution >= 4 is 34.7 Å². The topological polar surface area (TPSA) is 362 Å². The third kappa shape index (κ3) is 9.34. The zero-order valence-corrected chi connectivity index (χ0v) is 41.8. The number of rotatable bonds is 10. The maximum Gasteiger partial charge on any atom is 0.251 e. The summed E-state index contributed by atoms with van der Waals surface area (Å²) in [6, 6.07) is 7.83. The molecule has 6 N–H and O–H groups in total. The first kappa shape index (κ1) is 53.0. The Balaban J connectivity index is 0.000000151. The highest BCUT2D eigenvalue weighted by Crippen LogP contribution is 2.32. The first-order valence-corrected chi connectivity index (χ1v) is 23.8. The third-order valence-corrected chi connectivity index (χ3v) is 13.3. The molecule has 7 aromatic heterocycles. The molecule has 3 aliphatic rings. The van der Waals surface area contributed by atoms with Gasteiger partial charge in [0.15, 0.2) is 23.2 Å². The zero-order chi connectivity index (χ0) is 55.2. The molecule has 0 aromatic carbocycles. The lowest BCUT2D eigenvalue weighted by molar-refractivity contribution is 0.0964. The fraction of sp³-hybridized carbons (Fsp3) is 0.288. The number of nitrogens with one attached hydrogen (secondary N) is 4. The highest BCUT2D eigenvalue weighted by Gasteiger charge is 2.39. The largest absolute Gasteiger partial charge is 0.396 e. The van der Waals surface area contributed by atoms with Gasteiger partial charge in [-0.3, -0.25) is 57.5 Å². The summed E-state index contributed by atoms with van der Waals surface area (Å²) in [5, 5.41) is 31.4. The highest BCUT2D eigenvalue weighted by atomic mass is 16.3. The fourth-order valence-corrected chi connectivity index (χ4v) is 9.83. The van der Waals surface area contributed by atoms with Gasteiger partial charge in [0.2, 0.25) is 34.0 Å². The van der Waals surface area contributed by atoms with Crippen LogP contribution in [0.3, 0.4) is 0 Å². The average Bonchev–Trinajstić information content (AvgIpc) is 3.88.